The molecule has 2 aliphatic rings. The van der Waals surface area contributed by atoms with E-state index in [-0.39, 0.29) is 6.42 Å². The molecule has 2 heterocycles. The lowest BCUT2D eigenvalue weighted by atomic mass is 9.67. The summed E-state index contributed by atoms with van der Waals surface area (Å²) in [7, 11) is 0. The van der Waals surface area contributed by atoms with E-state index in [9.17, 15) is 61.0 Å². The lowest BCUT2D eigenvalue weighted by molar-refractivity contribution is -0.336. The van der Waals surface area contributed by atoms with Crippen molar-refractivity contribution in [3.8, 4) is 0 Å². The van der Waals surface area contributed by atoms with E-state index in [0.717, 1.165) is 0 Å². The molecule has 41 heavy (non-hydrogen) atoms. The Labute approximate surface area is 236 Å². The third-order valence-corrected chi connectivity index (χ3v) is 8.05. The van der Waals surface area contributed by atoms with Gasteiger partial charge in [0, 0.05) is 6.42 Å². The standard InChI is InChI=1S/C24H45NO16/c1-4-12(27)24(25,37)23(36,6-3)22(35,5-2)13(28)9-39-21-19(34)17(32)15(30)11(41-21)8-38-20-18(33)16(31)14(29)10(7-26)40-20/h10-11,13-21,26,28-37H,4-9,25H2,1-3H3/t10-,11-,13-,14-,15-,16+,17+,18-,19-,20+,21+,22-,23+,24+/m1/s1. The van der Waals surface area contributed by atoms with Crippen LogP contribution < -0.4 is 5.73 Å². The van der Waals surface area contributed by atoms with Gasteiger partial charge in [0.1, 0.15) is 66.1 Å². The molecule has 2 fully saturated rings. The number of ether oxygens (including phenoxy) is 4. The van der Waals surface area contributed by atoms with Gasteiger partial charge in [0.05, 0.1) is 19.8 Å². The molecule has 13 N–H and O–H groups in total. The maximum absolute atomic E-state index is 12.3. The zero-order valence-electron chi connectivity index (χ0n) is 23.1. The highest BCUT2D eigenvalue weighted by Crippen LogP contribution is 2.40. The van der Waals surface area contributed by atoms with E-state index in [0.29, 0.717) is 0 Å². The summed E-state index contributed by atoms with van der Waals surface area (Å²) >= 11 is 0. The van der Waals surface area contributed by atoms with Gasteiger partial charge in [-0.25, -0.2) is 0 Å². The Kier molecular flexibility index (Phi) is 12.6. The van der Waals surface area contributed by atoms with Crippen LogP contribution in [0.1, 0.15) is 40.0 Å². The number of carbonyl (C=O) groups excluding carboxylic acids is 1. The average molecular weight is 604 g/mol. The molecule has 2 rings (SSSR count). The Morgan fingerprint density at radius 3 is 1.76 bits per heavy atom. The van der Waals surface area contributed by atoms with Gasteiger partial charge in [-0.05, 0) is 12.8 Å². The van der Waals surface area contributed by atoms with E-state index in [1.54, 1.807) is 0 Å². The average Bonchev–Trinajstić information content (AvgIpc) is 2.96. The molecule has 2 saturated heterocycles. The SMILES string of the molecule is CCC(=O)[C@](N)(O)[C@](O)(CC)[C@@](O)(CC)[C@H](O)CO[C@H]1O[C@H](CO[C@H]2O[C@H](CO)[C@@H](O)[C@H](O)[C@H]2O)[C@@H](O)[C@H](O)[C@H]1O. The van der Waals surface area contributed by atoms with Crippen molar-refractivity contribution < 1.29 is 79.9 Å². The summed E-state index contributed by atoms with van der Waals surface area (Å²) in [6.45, 7) is 1.79. The molecule has 0 aromatic heterocycles. The first-order valence-electron chi connectivity index (χ1n) is 13.4. The number of aliphatic hydroxyl groups is 11. The van der Waals surface area contributed by atoms with Crippen molar-refractivity contribution in [3.05, 3.63) is 0 Å². The molecule has 14 atom stereocenters. The summed E-state index contributed by atoms with van der Waals surface area (Å²) in [5.74, 6) is -1.01. The number of ketones is 1. The second-order valence-corrected chi connectivity index (χ2v) is 10.4. The zero-order chi connectivity index (χ0) is 31.5. The molecule has 17 nitrogen and oxygen atoms in total. The van der Waals surface area contributed by atoms with Crippen LogP contribution in [0.3, 0.4) is 0 Å². The van der Waals surface area contributed by atoms with E-state index in [4.69, 9.17) is 24.7 Å². The van der Waals surface area contributed by atoms with Crippen LogP contribution in [0.2, 0.25) is 0 Å². The van der Waals surface area contributed by atoms with Gasteiger partial charge in [-0.15, -0.1) is 0 Å². The van der Waals surface area contributed by atoms with Crippen molar-refractivity contribution in [3.63, 3.8) is 0 Å². The molecule has 0 spiro atoms. The summed E-state index contributed by atoms with van der Waals surface area (Å²) in [6, 6.07) is 0. The Morgan fingerprint density at radius 2 is 1.29 bits per heavy atom. The van der Waals surface area contributed by atoms with Crippen LogP contribution in [0.15, 0.2) is 0 Å². The van der Waals surface area contributed by atoms with Crippen LogP contribution >= 0.6 is 0 Å². The quantitative estimate of drug-likeness (QED) is 0.0822. The van der Waals surface area contributed by atoms with Gasteiger partial charge >= 0.3 is 0 Å². The van der Waals surface area contributed by atoms with Gasteiger partial charge in [-0.2, -0.15) is 0 Å². The summed E-state index contributed by atoms with van der Waals surface area (Å²) < 4.78 is 21.3. The normalized spacial score (nSPS) is 39.8. The van der Waals surface area contributed by atoms with Gasteiger partial charge in [0.2, 0.25) is 5.72 Å². The maximum Gasteiger partial charge on any atom is 0.205 e. The molecule has 0 aromatic carbocycles. The van der Waals surface area contributed by atoms with E-state index >= 15 is 0 Å². The fraction of sp³-hybridized carbons (Fsp3) is 0.958. The van der Waals surface area contributed by atoms with Gasteiger partial charge in [0.15, 0.2) is 18.4 Å². The Hall–Kier alpha value is -0.970. The molecule has 0 radical (unpaired) electrons. The van der Waals surface area contributed by atoms with Crippen molar-refractivity contribution in [2.75, 3.05) is 19.8 Å². The molecule has 0 aliphatic carbocycles. The highest BCUT2D eigenvalue weighted by Gasteiger charge is 2.64. The van der Waals surface area contributed by atoms with Crippen molar-refractivity contribution in [1.29, 1.82) is 0 Å². The van der Waals surface area contributed by atoms with Crippen LogP contribution in [-0.4, -0.2) is 166 Å². The monoisotopic (exact) mass is 603 g/mol. The van der Waals surface area contributed by atoms with Crippen molar-refractivity contribution in [2.45, 2.75) is 124 Å². The van der Waals surface area contributed by atoms with E-state index < -0.39 is 123 Å². The van der Waals surface area contributed by atoms with Crippen LogP contribution in [0.25, 0.3) is 0 Å². The molecule has 2 aliphatic heterocycles. The molecule has 0 aromatic rings. The van der Waals surface area contributed by atoms with E-state index in [1.165, 1.54) is 20.8 Å². The highest BCUT2D eigenvalue weighted by atomic mass is 16.7. The molecule has 242 valence electrons. The highest BCUT2D eigenvalue weighted by molar-refractivity contribution is 5.87. The molecule has 0 bridgehead atoms. The lowest BCUT2D eigenvalue weighted by Crippen LogP contribution is -2.77. The minimum absolute atomic E-state index is 0.295. The number of hydrogen-bond donors (Lipinski definition) is 12. The van der Waals surface area contributed by atoms with Gasteiger partial charge < -0.3 is 75.1 Å². The third-order valence-electron chi connectivity index (χ3n) is 8.05. The maximum atomic E-state index is 12.3. The zero-order valence-corrected chi connectivity index (χ0v) is 23.1. The summed E-state index contributed by atoms with van der Waals surface area (Å²) in [5, 5.41) is 114. The van der Waals surface area contributed by atoms with Crippen LogP contribution in [0.5, 0.6) is 0 Å². The fourth-order valence-corrected chi connectivity index (χ4v) is 5.12. The summed E-state index contributed by atoms with van der Waals surface area (Å²) in [4.78, 5) is 12.3. The second-order valence-electron chi connectivity index (χ2n) is 10.4. The first-order valence-corrected chi connectivity index (χ1v) is 13.4. The van der Waals surface area contributed by atoms with Gasteiger partial charge in [-0.3, -0.25) is 10.5 Å². The summed E-state index contributed by atoms with van der Waals surface area (Å²) in [6.07, 6.45) is -20.1. The minimum atomic E-state index is -2.96. The summed E-state index contributed by atoms with van der Waals surface area (Å²) in [5.41, 5.74) is -2.60. The molecule has 0 saturated carbocycles. The second kappa shape index (κ2) is 14.2. The van der Waals surface area contributed by atoms with Crippen LogP contribution in [0.4, 0.5) is 0 Å². The number of Topliss-reactive ketones (excluding diaryl/α,β-unsaturated/α-hetero) is 1. The molecule has 0 unspecified atom stereocenters. The van der Waals surface area contributed by atoms with Gasteiger partial charge in [-0.1, -0.05) is 20.8 Å². The number of hydrogen-bond acceptors (Lipinski definition) is 17. The van der Waals surface area contributed by atoms with Crippen molar-refractivity contribution in [1.82, 2.24) is 0 Å². The van der Waals surface area contributed by atoms with Gasteiger partial charge in [0.25, 0.3) is 0 Å². The minimum Gasteiger partial charge on any atom is -0.394 e. The Morgan fingerprint density at radius 1 is 0.805 bits per heavy atom. The first kappa shape index (κ1) is 36.2. The first-order chi connectivity index (χ1) is 19.0. The lowest BCUT2D eigenvalue weighted by Gasteiger charge is -2.51. The smallest absolute Gasteiger partial charge is 0.205 e. The van der Waals surface area contributed by atoms with Crippen LogP contribution in [0, 0.1) is 0 Å². The van der Waals surface area contributed by atoms with E-state index in [1.807, 2.05) is 0 Å². The molecular formula is C24H45NO16. The van der Waals surface area contributed by atoms with Crippen LogP contribution in [-0.2, 0) is 23.7 Å². The topological polar surface area (TPSA) is 303 Å². The van der Waals surface area contributed by atoms with Crippen molar-refractivity contribution in [2.24, 2.45) is 5.73 Å². The predicted octanol–water partition coefficient (Wildman–Crippen LogP) is -6.10. The fourth-order valence-electron chi connectivity index (χ4n) is 5.12. The molecule has 17 heteroatoms. The third kappa shape index (κ3) is 6.75. The molecular weight excluding hydrogens is 558 g/mol. The van der Waals surface area contributed by atoms with Crippen molar-refractivity contribution >= 4 is 5.78 Å². The Balaban J connectivity index is 2.15. The largest absolute Gasteiger partial charge is 0.394 e. The Bertz CT molecular complexity index is 848. The number of carbonyl (C=O) groups is 1. The number of rotatable bonds is 14. The number of aliphatic hydroxyl groups excluding tert-OH is 8. The molecule has 0 amide bonds. The number of nitrogens with two attached hydrogens (primary N) is 1. The van der Waals surface area contributed by atoms with E-state index in [2.05, 4.69) is 0 Å². The predicted molar refractivity (Wildman–Crippen MR) is 133 cm³/mol.